The van der Waals surface area contributed by atoms with Crippen molar-refractivity contribution in [2.24, 2.45) is 21.2 Å². The van der Waals surface area contributed by atoms with E-state index in [-0.39, 0.29) is 34.6 Å². The van der Waals surface area contributed by atoms with E-state index in [2.05, 4.69) is 25.2 Å². The number of hydrogen-bond donors (Lipinski definition) is 1. The number of carbonyl (C=O) groups excluding carboxylic acids is 1. The molecule has 186 valence electrons. The van der Waals surface area contributed by atoms with E-state index in [1.54, 1.807) is 12.1 Å². The third-order valence-electron chi connectivity index (χ3n) is 7.03. The summed E-state index contributed by atoms with van der Waals surface area (Å²) >= 11 is 6.30. The smallest absolute Gasteiger partial charge is 0.230 e. The molecule has 1 aromatic carbocycles. The summed E-state index contributed by atoms with van der Waals surface area (Å²) in [6, 6.07) is 8.38. The predicted molar refractivity (Wildman–Crippen MR) is 129 cm³/mol. The van der Waals surface area contributed by atoms with Crippen LogP contribution in [0.5, 0.6) is 0 Å². The number of nitrogens with zero attached hydrogens (tertiary/aromatic N) is 7. The van der Waals surface area contributed by atoms with Crippen molar-refractivity contribution < 1.29 is 13.9 Å². The van der Waals surface area contributed by atoms with Crippen LogP contribution < -0.4 is 5.84 Å². The van der Waals surface area contributed by atoms with Gasteiger partial charge < -0.3 is 15.5 Å². The zero-order valence-corrected chi connectivity index (χ0v) is 20.1. The Hall–Kier alpha value is -3.46. The number of fused-ring (bicyclic) bond motifs is 2. The second-order valence-electron chi connectivity index (χ2n) is 8.96. The second kappa shape index (κ2) is 10.3. The summed E-state index contributed by atoms with van der Waals surface area (Å²) in [5.74, 6) is 4.71. The number of aromatic nitrogens is 1. The molecular weight excluding hydrogens is 487 g/mol. The van der Waals surface area contributed by atoms with Crippen LogP contribution in [0.4, 0.5) is 10.2 Å². The van der Waals surface area contributed by atoms with Gasteiger partial charge in [0.25, 0.3) is 0 Å². The van der Waals surface area contributed by atoms with Gasteiger partial charge in [-0.25, -0.2) is 14.4 Å². The molecule has 2 aliphatic heterocycles. The highest BCUT2D eigenvalue weighted by molar-refractivity contribution is 6.32. The van der Waals surface area contributed by atoms with Crippen molar-refractivity contribution in [2.75, 3.05) is 32.8 Å². The number of aliphatic imine (C=N–C) groups is 1. The molecule has 0 saturated carbocycles. The SMILES string of the molecule is N#Cc1c(F)ccc(C2CN3CCN(C(=O)C4CCc5nc(N=CN=NN)ccc54)CC3CO2)c1Cl. The first-order valence-corrected chi connectivity index (χ1v) is 12.0. The lowest BCUT2D eigenvalue weighted by Crippen LogP contribution is -2.60. The van der Waals surface area contributed by atoms with E-state index < -0.39 is 5.82 Å². The molecule has 10 nitrogen and oxygen atoms in total. The number of nitriles is 1. The molecule has 3 heterocycles. The molecule has 0 spiro atoms. The molecule has 0 bridgehead atoms. The Labute approximate surface area is 212 Å². The van der Waals surface area contributed by atoms with E-state index in [4.69, 9.17) is 22.2 Å². The van der Waals surface area contributed by atoms with Crippen LogP contribution in [0, 0.1) is 17.1 Å². The summed E-state index contributed by atoms with van der Waals surface area (Å²) in [5, 5.41) is 15.9. The number of benzene rings is 1. The molecule has 3 aliphatic rings. The Morgan fingerprint density at radius 3 is 2.92 bits per heavy atom. The van der Waals surface area contributed by atoms with E-state index in [0.29, 0.717) is 57.0 Å². The van der Waals surface area contributed by atoms with Gasteiger partial charge in [-0.05, 0) is 30.5 Å². The molecule has 1 aliphatic carbocycles. The fraction of sp³-hybridized carbons (Fsp3) is 0.417. The normalized spacial score (nSPS) is 24.1. The lowest BCUT2D eigenvalue weighted by molar-refractivity contribution is -0.141. The van der Waals surface area contributed by atoms with Crippen LogP contribution in [-0.2, 0) is 16.0 Å². The van der Waals surface area contributed by atoms with Crippen molar-refractivity contribution in [3.63, 3.8) is 0 Å². The van der Waals surface area contributed by atoms with Crippen molar-refractivity contribution in [1.82, 2.24) is 14.8 Å². The van der Waals surface area contributed by atoms with E-state index in [9.17, 15) is 14.4 Å². The molecule has 2 aromatic rings. The molecule has 0 radical (unpaired) electrons. The lowest BCUT2D eigenvalue weighted by Gasteiger charge is -2.46. The largest absolute Gasteiger partial charge is 0.370 e. The molecule has 2 fully saturated rings. The maximum atomic E-state index is 13.9. The van der Waals surface area contributed by atoms with Gasteiger partial charge in [-0.15, -0.1) is 5.11 Å². The van der Waals surface area contributed by atoms with Crippen molar-refractivity contribution in [2.45, 2.75) is 30.9 Å². The van der Waals surface area contributed by atoms with E-state index in [0.717, 1.165) is 11.3 Å². The summed E-state index contributed by atoms with van der Waals surface area (Å²) in [5.41, 5.74) is 2.27. The fourth-order valence-corrected chi connectivity index (χ4v) is 5.53. The van der Waals surface area contributed by atoms with Gasteiger partial charge in [0.15, 0.2) is 5.82 Å². The zero-order chi connectivity index (χ0) is 25.2. The van der Waals surface area contributed by atoms with Gasteiger partial charge in [0.1, 0.15) is 23.8 Å². The first-order valence-electron chi connectivity index (χ1n) is 11.6. The average Bonchev–Trinajstić information content (AvgIpc) is 3.31. The maximum absolute atomic E-state index is 13.9. The van der Waals surface area contributed by atoms with Crippen molar-refractivity contribution in [3.8, 4) is 6.07 Å². The number of carbonyl (C=O) groups is 1. The summed E-state index contributed by atoms with van der Waals surface area (Å²) in [6.45, 7) is 2.84. The van der Waals surface area contributed by atoms with Gasteiger partial charge in [-0.1, -0.05) is 29.0 Å². The molecule has 2 saturated heterocycles. The minimum Gasteiger partial charge on any atom is -0.370 e. The van der Waals surface area contributed by atoms with Crippen LogP contribution >= 0.6 is 11.6 Å². The number of hydrogen-bond acceptors (Lipinski definition) is 7. The number of nitrogens with two attached hydrogens (primary N) is 1. The maximum Gasteiger partial charge on any atom is 0.230 e. The molecule has 1 amide bonds. The van der Waals surface area contributed by atoms with E-state index >= 15 is 0 Å². The number of morpholine rings is 1. The average molecular weight is 511 g/mol. The standard InChI is InChI=1S/C24H24ClFN8O2/c25-23-17(1-4-19(26)18(23)9-27)21-11-33-7-8-34(10-14(33)12-36-21)24(35)16-2-5-20-15(16)3-6-22(31-20)29-13-30-32-28/h1,3-4,6,13-14,16,21H,2,5,7-8,10-12H2,(H2,28,29,30,31). The topological polar surface area (TPSA) is 133 Å². The zero-order valence-electron chi connectivity index (χ0n) is 19.3. The molecule has 3 atom stereocenters. The van der Waals surface area contributed by atoms with Crippen molar-refractivity contribution in [1.29, 1.82) is 5.26 Å². The number of pyridine rings is 1. The van der Waals surface area contributed by atoms with Gasteiger partial charge in [-0.2, -0.15) is 5.26 Å². The Bertz CT molecular complexity index is 1280. The van der Waals surface area contributed by atoms with Crippen LogP contribution in [0.2, 0.25) is 5.02 Å². The number of piperazine rings is 1. The molecular formula is C24H24ClFN8O2. The summed E-state index contributed by atoms with van der Waals surface area (Å²) in [4.78, 5) is 26.3. The monoisotopic (exact) mass is 510 g/mol. The number of ether oxygens (including phenoxy) is 1. The van der Waals surface area contributed by atoms with Crippen LogP contribution in [-0.4, -0.2) is 65.9 Å². The van der Waals surface area contributed by atoms with Crippen LogP contribution in [0.15, 0.2) is 39.6 Å². The van der Waals surface area contributed by atoms with Gasteiger partial charge in [0, 0.05) is 37.4 Å². The minimum atomic E-state index is -0.641. The molecule has 3 unspecified atom stereocenters. The lowest BCUT2D eigenvalue weighted by atomic mass is 9.98. The first-order chi connectivity index (χ1) is 17.5. The van der Waals surface area contributed by atoms with Crippen molar-refractivity contribution in [3.05, 3.63) is 57.5 Å². The fourth-order valence-electron chi connectivity index (χ4n) is 5.21. The summed E-state index contributed by atoms with van der Waals surface area (Å²) < 4.78 is 19.9. The number of rotatable bonds is 4. The second-order valence-corrected chi connectivity index (χ2v) is 9.34. The highest BCUT2D eigenvalue weighted by atomic mass is 35.5. The molecule has 5 rings (SSSR count). The van der Waals surface area contributed by atoms with Crippen molar-refractivity contribution >= 4 is 29.7 Å². The Balaban J connectivity index is 1.23. The minimum absolute atomic E-state index is 0.0565. The Morgan fingerprint density at radius 2 is 2.11 bits per heavy atom. The van der Waals surface area contributed by atoms with Crippen LogP contribution in [0.1, 0.15) is 40.8 Å². The number of halogens is 2. The van der Waals surface area contributed by atoms with Gasteiger partial charge in [-0.3, -0.25) is 9.69 Å². The van der Waals surface area contributed by atoms with Gasteiger partial charge in [0.05, 0.1) is 29.7 Å². The predicted octanol–water partition coefficient (Wildman–Crippen LogP) is 3.05. The highest BCUT2D eigenvalue weighted by Gasteiger charge is 2.39. The van der Waals surface area contributed by atoms with Crippen LogP contribution in [0.3, 0.4) is 0 Å². The van der Waals surface area contributed by atoms with Crippen LogP contribution in [0.25, 0.3) is 0 Å². The Kier molecular flexibility index (Phi) is 6.91. The highest BCUT2D eigenvalue weighted by Crippen LogP contribution is 2.37. The third kappa shape index (κ3) is 4.55. The summed E-state index contributed by atoms with van der Waals surface area (Å²) in [7, 11) is 0. The molecule has 12 heteroatoms. The van der Waals surface area contributed by atoms with Gasteiger partial charge in [0.2, 0.25) is 5.91 Å². The Morgan fingerprint density at radius 1 is 1.28 bits per heavy atom. The van der Waals surface area contributed by atoms with E-state index in [1.165, 1.54) is 12.4 Å². The number of aryl methyl sites for hydroxylation is 1. The molecule has 1 aromatic heterocycles. The molecule has 2 N–H and O–H groups in total. The quantitative estimate of drug-likeness (QED) is 0.221. The summed E-state index contributed by atoms with van der Waals surface area (Å²) in [6.07, 6.45) is 2.30. The van der Waals surface area contributed by atoms with Gasteiger partial charge >= 0.3 is 0 Å². The number of amides is 1. The first kappa shape index (κ1) is 24.2. The van der Waals surface area contributed by atoms with E-state index in [1.807, 2.05) is 17.0 Å². The third-order valence-corrected chi connectivity index (χ3v) is 7.44. The molecule has 36 heavy (non-hydrogen) atoms.